The third kappa shape index (κ3) is 3.01. The van der Waals surface area contributed by atoms with Crippen molar-refractivity contribution in [1.82, 2.24) is 9.80 Å². The second-order valence-corrected chi connectivity index (χ2v) is 7.38. The zero-order valence-corrected chi connectivity index (χ0v) is 13.2. The van der Waals surface area contributed by atoms with Crippen LogP contribution in [0.4, 0.5) is 0 Å². The maximum atomic E-state index is 12.9. The fourth-order valence-electron chi connectivity index (χ4n) is 3.56. The number of rotatable bonds is 2. The summed E-state index contributed by atoms with van der Waals surface area (Å²) < 4.78 is 6.07. The minimum Gasteiger partial charge on any atom is -0.369 e. The topological polar surface area (TPSA) is 32.8 Å². The van der Waals surface area contributed by atoms with Crippen LogP contribution in [0, 0.1) is 5.92 Å². The molecule has 0 saturated carbocycles. The van der Waals surface area contributed by atoms with Crippen LogP contribution in [0.2, 0.25) is 0 Å². The molecule has 0 bridgehead atoms. The molecule has 0 N–H and O–H groups in total. The van der Waals surface area contributed by atoms with Gasteiger partial charge in [-0.15, -0.1) is 0 Å². The van der Waals surface area contributed by atoms with Crippen LogP contribution in [0.3, 0.4) is 0 Å². The fraction of sp³-hybridized carbons (Fsp3) is 0.933. The van der Waals surface area contributed by atoms with Gasteiger partial charge < -0.3 is 9.64 Å². The normalized spacial score (nSPS) is 35.5. The van der Waals surface area contributed by atoms with Gasteiger partial charge in [0, 0.05) is 19.6 Å². The molecule has 2 atom stereocenters. The highest BCUT2D eigenvalue weighted by molar-refractivity contribution is 5.88. The van der Waals surface area contributed by atoms with Crippen molar-refractivity contribution in [3.05, 3.63) is 0 Å². The Hall–Kier alpha value is -0.450. The van der Waals surface area contributed by atoms with Crippen LogP contribution in [0.25, 0.3) is 0 Å². The van der Waals surface area contributed by atoms with Crippen LogP contribution in [-0.2, 0) is 9.53 Å². The van der Waals surface area contributed by atoms with Gasteiger partial charge in [-0.2, -0.15) is 0 Å². The van der Waals surface area contributed by atoms with Gasteiger partial charge in [0.2, 0.25) is 0 Å². The summed E-state index contributed by atoms with van der Waals surface area (Å²) in [4.78, 5) is 17.4. The first-order valence-electron chi connectivity index (χ1n) is 7.25. The van der Waals surface area contributed by atoms with E-state index in [9.17, 15) is 4.79 Å². The number of carbonyl (C=O) groups is 1. The second kappa shape index (κ2) is 4.83. The number of carbonyl (C=O) groups excluding carboxylic acids is 1. The summed E-state index contributed by atoms with van der Waals surface area (Å²) in [6, 6.07) is 0.0144. The number of ketones is 1. The predicted octanol–water partition coefficient (Wildman–Crippen LogP) is 1.39. The number of ether oxygens (including phenoxy) is 1. The third-order valence-electron chi connectivity index (χ3n) is 4.60. The molecular weight excluding hydrogens is 240 g/mol. The van der Waals surface area contributed by atoms with E-state index in [2.05, 4.69) is 51.6 Å². The molecule has 0 amide bonds. The lowest BCUT2D eigenvalue weighted by Gasteiger charge is -2.39. The Morgan fingerprint density at radius 2 is 1.79 bits per heavy atom. The van der Waals surface area contributed by atoms with E-state index in [1.807, 2.05) is 0 Å². The molecule has 2 fully saturated rings. The molecule has 0 aromatic rings. The Morgan fingerprint density at radius 3 is 2.32 bits per heavy atom. The summed E-state index contributed by atoms with van der Waals surface area (Å²) in [5.74, 6) is 0.353. The van der Waals surface area contributed by atoms with Crippen molar-refractivity contribution < 1.29 is 9.53 Å². The summed E-state index contributed by atoms with van der Waals surface area (Å²) in [6.45, 7) is 11.1. The SMILES string of the molecule is CN1CCN(C)C(C(=O)C2CC(C)(C)OC2(C)C)C1. The van der Waals surface area contributed by atoms with Gasteiger partial charge in [-0.25, -0.2) is 0 Å². The summed E-state index contributed by atoms with van der Waals surface area (Å²) in [5.41, 5.74) is -0.541. The van der Waals surface area contributed by atoms with Crippen LogP contribution in [-0.4, -0.2) is 66.6 Å². The van der Waals surface area contributed by atoms with Crippen molar-refractivity contribution in [2.45, 2.75) is 51.4 Å². The van der Waals surface area contributed by atoms with Gasteiger partial charge in [0.25, 0.3) is 0 Å². The lowest BCUT2D eigenvalue weighted by Crippen LogP contribution is -2.56. The fourth-order valence-corrected chi connectivity index (χ4v) is 3.56. The predicted molar refractivity (Wildman–Crippen MR) is 76.3 cm³/mol. The maximum Gasteiger partial charge on any atom is 0.157 e. The van der Waals surface area contributed by atoms with Crippen LogP contribution < -0.4 is 0 Å². The molecule has 4 nitrogen and oxygen atoms in total. The zero-order valence-electron chi connectivity index (χ0n) is 13.2. The van der Waals surface area contributed by atoms with Crippen LogP contribution in [0.5, 0.6) is 0 Å². The third-order valence-corrected chi connectivity index (χ3v) is 4.60. The first kappa shape index (κ1) is 14.9. The van der Waals surface area contributed by atoms with E-state index in [4.69, 9.17) is 4.74 Å². The van der Waals surface area contributed by atoms with E-state index in [0.717, 1.165) is 26.1 Å². The molecule has 4 heteroatoms. The van der Waals surface area contributed by atoms with Crippen molar-refractivity contribution in [2.75, 3.05) is 33.7 Å². The molecular formula is C15H28N2O2. The summed E-state index contributed by atoms with van der Waals surface area (Å²) >= 11 is 0. The molecule has 2 heterocycles. The van der Waals surface area contributed by atoms with Gasteiger partial charge in [0.15, 0.2) is 5.78 Å². The van der Waals surface area contributed by atoms with Crippen LogP contribution in [0.1, 0.15) is 34.1 Å². The quantitative estimate of drug-likeness (QED) is 0.758. The molecule has 2 aliphatic rings. The van der Waals surface area contributed by atoms with Crippen LogP contribution in [0.15, 0.2) is 0 Å². The molecule has 0 aromatic heterocycles. The minimum atomic E-state index is -0.350. The van der Waals surface area contributed by atoms with Crippen molar-refractivity contribution in [2.24, 2.45) is 5.92 Å². The van der Waals surface area contributed by atoms with E-state index in [0.29, 0.717) is 5.78 Å². The lowest BCUT2D eigenvalue weighted by molar-refractivity contribution is -0.136. The first-order valence-corrected chi connectivity index (χ1v) is 7.25. The molecule has 0 radical (unpaired) electrons. The molecule has 2 unspecified atom stereocenters. The van der Waals surface area contributed by atoms with E-state index in [1.165, 1.54) is 0 Å². The van der Waals surface area contributed by atoms with E-state index in [1.54, 1.807) is 0 Å². The van der Waals surface area contributed by atoms with Gasteiger partial charge in [-0.05, 0) is 48.2 Å². The van der Waals surface area contributed by atoms with Crippen molar-refractivity contribution in [1.29, 1.82) is 0 Å². The Balaban J connectivity index is 2.15. The average molecular weight is 268 g/mol. The molecule has 19 heavy (non-hydrogen) atoms. The Labute approximate surface area is 117 Å². The highest BCUT2D eigenvalue weighted by atomic mass is 16.5. The van der Waals surface area contributed by atoms with Gasteiger partial charge in [0.1, 0.15) is 0 Å². The Kier molecular flexibility index (Phi) is 3.80. The number of Topliss-reactive ketones (excluding diaryl/α,β-unsaturated/α-hetero) is 1. The molecule has 0 aromatic carbocycles. The summed E-state index contributed by atoms with van der Waals surface area (Å²) in [5, 5.41) is 0. The monoisotopic (exact) mass is 268 g/mol. The molecule has 0 spiro atoms. The summed E-state index contributed by atoms with van der Waals surface area (Å²) in [7, 11) is 4.15. The van der Waals surface area contributed by atoms with Gasteiger partial charge in [-0.1, -0.05) is 0 Å². The van der Waals surface area contributed by atoms with Crippen LogP contribution >= 0.6 is 0 Å². The Bertz CT molecular complexity index is 365. The van der Waals surface area contributed by atoms with Crippen molar-refractivity contribution in [3.63, 3.8) is 0 Å². The van der Waals surface area contributed by atoms with Crippen molar-refractivity contribution >= 4 is 5.78 Å². The molecule has 0 aliphatic carbocycles. The lowest BCUT2D eigenvalue weighted by atomic mass is 9.81. The number of piperazine rings is 1. The minimum absolute atomic E-state index is 0.00134. The Morgan fingerprint density at radius 1 is 1.16 bits per heavy atom. The van der Waals surface area contributed by atoms with E-state index in [-0.39, 0.29) is 23.2 Å². The van der Waals surface area contributed by atoms with E-state index < -0.39 is 0 Å². The number of likely N-dealkylation sites (N-methyl/N-ethyl adjacent to an activating group) is 2. The van der Waals surface area contributed by atoms with Gasteiger partial charge in [0.05, 0.1) is 23.2 Å². The smallest absolute Gasteiger partial charge is 0.157 e. The maximum absolute atomic E-state index is 12.9. The molecule has 2 aliphatic heterocycles. The van der Waals surface area contributed by atoms with Gasteiger partial charge in [-0.3, -0.25) is 9.69 Å². The second-order valence-electron chi connectivity index (χ2n) is 7.38. The molecule has 110 valence electrons. The number of nitrogens with zero attached hydrogens (tertiary/aromatic N) is 2. The van der Waals surface area contributed by atoms with Gasteiger partial charge >= 0.3 is 0 Å². The molecule has 2 saturated heterocycles. The average Bonchev–Trinajstić information content (AvgIpc) is 2.49. The largest absolute Gasteiger partial charge is 0.369 e. The van der Waals surface area contributed by atoms with E-state index >= 15 is 0 Å². The first-order chi connectivity index (χ1) is 8.62. The summed E-state index contributed by atoms with van der Waals surface area (Å²) in [6.07, 6.45) is 0.826. The highest BCUT2D eigenvalue weighted by Gasteiger charge is 2.51. The standard InChI is InChI=1S/C15H28N2O2/c1-14(2)9-11(15(3,4)19-14)13(18)12-10-16(5)7-8-17(12)6/h11-12H,7-10H2,1-6H3. The number of hydrogen-bond donors (Lipinski definition) is 0. The zero-order chi connectivity index (χ0) is 14.4. The van der Waals surface area contributed by atoms with Crippen molar-refractivity contribution in [3.8, 4) is 0 Å². The number of hydrogen-bond acceptors (Lipinski definition) is 4. The highest BCUT2D eigenvalue weighted by Crippen LogP contribution is 2.43. The molecule has 2 rings (SSSR count).